The molecule has 0 unspecified atom stereocenters. The maximum atomic E-state index is 11.7. The van der Waals surface area contributed by atoms with Crippen molar-refractivity contribution in [3.63, 3.8) is 0 Å². The minimum atomic E-state index is -0.217. The lowest BCUT2D eigenvalue weighted by Crippen LogP contribution is -2.34. The number of methoxy groups -OCH3 is 1. The summed E-state index contributed by atoms with van der Waals surface area (Å²) in [7, 11) is 1.57. The molecule has 5 heteroatoms. The second-order valence-electron chi connectivity index (χ2n) is 4.49. The zero-order valence-corrected chi connectivity index (χ0v) is 12.5. The largest absolute Gasteiger partial charge is 0.495 e. The Morgan fingerprint density at radius 2 is 1.71 bits per heavy atom. The topological polar surface area (TPSA) is 50.4 Å². The van der Waals surface area contributed by atoms with Gasteiger partial charge in [-0.25, -0.2) is 4.79 Å². The Kier molecular flexibility index (Phi) is 5.46. The van der Waals surface area contributed by atoms with E-state index in [2.05, 4.69) is 10.6 Å². The van der Waals surface area contributed by atoms with E-state index >= 15 is 0 Å². The lowest BCUT2D eigenvalue weighted by atomic mass is 10.2. The third-order valence-corrected chi connectivity index (χ3v) is 3.26. The van der Waals surface area contributed by atoms with E-state index in [0.717, 1.165) is 11.1 Å². The molecule has 0 aliphatic heterocycles. The van der Waals surface area contributed by atoms with Gasteiger partial charge in [0.1, 0.15) is 5.75 Å². The minimum absolute atomic E-state index is 0.217. The number of ether oxygens (including phenoxy) is 1. The van der Waals surface area contributed by atoms with Crippen molar-refractivity contribution in [2.45, 2.75) is 13.1 Å². The van der Waals surface area contributed by atoms with E-state index in [1.165, 1.54) is 0 Å². The van der Waals surface area contributed by atoms with E-state index in [-0.39, 0.29) is 6.03 Å². The molecule has 2 amide bonds. The first-order valence-electron chi connectivity index (χ1n) is 6.57. The molecule has 0 bridgehead atoms. The van der Waals surface area contributed by atoms with Crippen LogP contribution in [0.1, 0.15) is 11.1 Å². The summed E-state index contributed by atoms with van der Waals surface area (Å²) in [5.41, 5.74) is 1.97. The van der Waals surface area contributed by atoms with Gasteiger partial charge in [0, 0.05) is 13.1 Å². The second kappa shape index (κ2) is 7.55. The Bertz CT molecular complexity index is 602. The molecule has 2 rings (SSSR count). The number of urea groups is 1. The standard InChI is InChI=1S/C16H17ClN2O2/c1-21-15-8-7-13(9-14(15)17)11-19-16(20)18-10-12-5-3-2-4-6-12/h2-9H,10-11H2,1H3,(H2,18,19,20). The van der Waals surface area contributed by atoms with E-state index < -0.39 is 0 Å². The first-order valence-corrected chi connectivity index (χ1v) is 6.95. The quantitative estimate of drug-likeness (QED) is 0.890. The first-order chi connectivity index (χ1) is 10.2. The molecular formula is C16H17ClN2O2. The highest BCUT2D eigenvalue weighted by molar-refractivity contribution is 6.32. The van der Waals surface area contributed by atoms with Crippen molar-refractivity contribution in [2.24, 2.45) is 0 Å². The SMILES string of the molecule is COc1ccc(CNC(=O)NCc2ccccc2)cc1Cl. The molecule has 0 saturated heterocycles. The molecular weight excluding hydrogens is 288 g/mol. The summed E-state index contributed by atoms with van der Waals surface area (Å²) in [4.78, 5) is 11.7. The highest BCUT2D eigenvalue weighted by Gasteiger charge is 2.04. The van der Waals surface area contributed by atoms with Crippen molar-refractivity contribution < 1.29 is 9.53 Å². The molecule has 0 aliphatic rings. The number of hydrogen-bond acceptors (Lipinski definition) is 2. The molecule has 2 aromatic carbocycles. The van der Waals surface area contributed by atoms with Crippen molar-refractivity contribution in [1.29, 1.82) is 0 Å². The van der Waals surface area contributed by atoms with Crippen LogP contribution >= 0.6 is 11.6 Å². The maximum absolute atomic E-state index is 11.7. The van der Waals surface area contributed by atoms with Crippen molar-refractivity contribution >= 4 is 17.6 Å². The van der Waals surface area contributed by atoms with Crippen LogP contribution in [0, 0.1) is 0 Å². The van der Waals surface area contributed by atoms with Gasteiger partial charge in [-0.1, -0.05) is 48.0 Å². The van der Waals surface area contributed by atoms with Gasteiger partial charge in [-0.3, -0.25) is 0 Å². The van der Waals surface area contributed by atoms with Gasteiger partial charge in [0.05, 0.1) is 12.1 Å². The summed E-state index contributed by atoms with van der Waals surface area (Å²) < 4.78 is 5.08. The number of hydrogen-bond donors (Lipinski definition) is 2. The monoisotopic (exact) mass is 304 g/mol. The van der Waals surface area contributed by atoms with Crippen LogP contribution < -0.4 is 15.4 Å². The lowest BCUT2D eigenvalue weighted by Gasteiger charge is -2.09. The molecule has 2 aromatic rings. The normalized spacial score (nSPS) is 10.0. The summed E-state index contributed by atoms with van der Waals surface area (Å²) in [6.07, 6.45) is 0. The number of nitrogens with one attached hydrogen (secondary N) is 2. The first kappa shape index (κ1) is 15.2. The van der Waals surface area contributed by atoms with Crippen LogP contribution in [0.2, 0.25) is 5.02 Å². The number of halogens is 1. The van der Waals surface area contributed by atoms with Crippen LogP contribution in [0.3, 0.4) is 0 Å². The van der Waals surface area contributed by atoms with Gasteiger partial charge in [-0.15, -0.1) is 0 Å². The summed E-state index contributed by atoms with van der Waals surface area (Å²) in [5, 5.41) is 6.11. The highest BCUT2D eigenvalue weighted by atomic mass is 35.5. The van der Waals surface area contributed by atoms with Gasteiger partial charge < -0.3 is 15.4 Å². The Balaban J connectivity index is 1.80. The molecule has 4 nitrogen and oxygen atoms in total. The number of benzene rings is 2. The van der Waals surface area contributed by atoms with Crippen LogP contribution in [0.5, 0.6) is 5.75 Å². The molecule has 0 spiro atoms. The predicted octanol–water partition coefficient (Wildman–Crippen LogP) is 3.35. The van der Waals surface area contributed by atoms with Gasteiger partial charge in [-0.2, -0.15) is 0 Å². The fourth-order valence-corrected chi connectivity index (χ4v) is 2.12. The molecule has 0 fully saturated rings. The number of amides is 2. The third kappa shape index (κ3) is 4.68. The molecule has 0 saturated carbocycles. The fraction of sp³-hybridized carbons (Fsp3) is 0.188. The molecule has 0 aliphatic carbocycles. The van der Waals surface area contributed by atoms with E-state index in [4.69, 9.17) is 16.3 Å². The van der Waals surface area contributed by atoms with E-state index in [9.17, 15) is 4.79 Å². The van der Waals surface area contributed by atoms with Gasteiger partial charge in [0.2, 0.25) is 0 Å². The maximum Gasteiger partial charge on any atom is 0.315 e. The Labute approximate surface area is 129 Å². The summed E-state index contributed by atoms with van der Waals surface area (Å²) in [5.74, 6) is 0.619. The fourth-order valence-electron chi connectivity index (χ4n) is 1.84. The predicted molar refractivity (Wildman–Crippen MR) is 83.5 cm³/mol. The van der Waals surface area contributed by atoms with Crippen molar-refractivity contribution in [3.8, 4) is 5.75 Å². The molecule has 110 valence electrons. The van der Waals surface area contributed by atoms with Gasteiger partial charge in [0.15, 0.2) is 0 Å². The Hall–Kier alpha value is -2.20. The van der Waals surface area contributed by atoms with Crippen LogP contribution in [0.15, 0.2) is 48.5 Å². The molecule has 2 N–H and O–H groups in total. The Morgan fingerprint density at radius 1 is 1.05 bits per heavy atom. The van der Waals surface area contributed by atoms with E-state index in [0.29, 0.717) is 23.9 Å². The van der Waals surface area contributed by atoms with Crippen molar-refractivity contribution in [1.82, 2.24) is 10.6 Å². The molecule has 21 heavy (non-hydrogen) atoms. The minimum Gasteiger partial charge on any atom is -0.495 e. The second-order valence-corrected chi connectivity index (χ2v) is 4.90. The zero-order valence-electron chi connectivity index (χ0n) is 11.7. The van der Waals surface area contributed by atoms with Crippen LogP contribution in [0.25, 0.3) is 0 Å². The smallest absolute Gasteiger partial charge is 0.315 e. The van der Waals surface area contributed by atoms with E-state index in [1.54, 1.807) is 19.2 Å². The van der Waals surface area contributed by atoms with Gasteiger partial charge in [-0.05, 0) is 23.3 Å². The molecule has 0 heterocycles. The average Bonchev–Trinajstić information content (AvgIpc) is 2.52. The van der Waals surface area contributed by atoms with Crippen molar-refractivity contribution in [3.05, 3.63) is 64.7 Å². The lowest BCUT2D eigenvalue weighted by molar-refractivity contribution is 0.240. The summed E-state index contributed by atoms with van der Waals surface area (Å²) >= 11 is 6.03. The summed E-state index contributed by atoms with van der Waals surface area (Å²) in [6.45, 7) is 0.903. The van der Waals surface area contributed by atoms with Gasteiger partial charge in [0.25, 0.3) is 0 Å². The molecule has 0 aromatic heterocycles. The van der Waals surface area contributed by atoms with Gasteiger partial charge >= 0.3 is 6.03 Å². The average molecular weight is 305 g/mol. The zero-order chi connectivity index (χ0) is 15.1. The van der Waals surface area contributed by atoms with Crippen molar-refractivity contribution in [2.75, 3.05) is 7.11 Å². The highest BCUT2D eigenvalue weighted by Crippen LogP contribution is 2.24. The van der Waals surface area contributed by atoms with Crippen LogP contribution in [-0.2, 0) is 13.1 Å². The number of carbonyl (C=O) groups excluding carboxylic acids is 1. The molecule has 0 atom stereocenters. The molecule has 0 radical (unpaired) electrons. The number of rotatable bonds is 5. The number of carbonyl (C=O) groups is 1. The Morgan fingerprint density at radius 3 is 2.33 bits per heavy atom. The van der Waals surface area contributed by atoms with Crippen LogP contribution in [0.4, 0.5) is 4.79 Å². The van der Waals surface area contributed by atoms with Crippen LogP contribution in [-0.4, -0.2) is 13.1 Å². The third-order valence-electron chi connectivity index (χ3n) is 2.97. The summed E-state index contributed by atoms with van der Waals surface area (Å²) in [6, 6.07) is 14.9. The van der Waals surface area contributed by atoms with E-state index in [1.807, 2.05) is 36.4 Å².